The molecule has 4 nitrogen and oxygen atoms in total. The van der Waals surface area contributed by atoms with Crippen LogP contribution >= 0.6 is 11.3 Å². The standard InChI is InChI=1S/C14H19N3OS/c1-3-4-7-17-14(18)12-10-6-5-9(2)8-11(10)19-13(12)15-16-17/h9H,3-8H2,1-2H3/t9-/m0/s1. The fourth-order valence-corrected chi connectivity index (χ4v) is 4.06. The van der Waals surface area contributed by atoms with Gasteiger partial charge in [0.2, 0.25) is 0 Å². The number of hydrogen-bond donors (Lipinski definition) is 0. The maximum atomic E-state index is 12.5. The lowest BCUT2D eigenvalue weighted by Crippen LogP contribution is -2.24. The molecule has 0 spiro atoms. The topological polar surface area (TPSA) is 47.8 Å². The summed E-state index contributed by atoms with van der Waals surface area (Å²) in [7, 11) is 0. The Labute approximate surface area is 116 Å². The number of thiophene rings is 1. The Bertz CT molecular complexity index is 658. The third kappa shape index (κ3) is 2.20. The van der Waals surface area contributed by atoms with Crippen LogP contribution in [0.15, 0.2) is 4.79 Å². The van der Waals surface area contributed by atoms with E-state index in [0.29, 0.717) is 6.54 Å². The van der Waals surface area contributed by atoms with Gasteiger partial charge in [0.25, 0.3) is 5.56 Å². The summed E-state index contributed by atoms with van der Waals surface area (Å²) in [6, 6.07) is 0. The van der Waals surface area contributed by atoms with Crippen molar-refractivity contribution in [3.63, 3.8) is 0 Å². The van der Waals surface area contributed by atoms with Gasteiger partial charge in [-0.1, -0.05) is 25.5 Å². The van der Waals surface area contributed by atoms with E-state index >= 15 is 0 Å². The molecule has 5 heteroatoms. The molecule has 19 heavy (non-hydrogen) atoms. The monoisotopic (exact) mass is 277 g/mol. The van der Waals surface area contributed by atoms with Crippen molar-refractivity contribution >= 4 is 21.6 Å². The molecule has 0 bridgehead atoms. The number of rotatable bonds is 3. The third-order valence-electron chi connectivity index (χ3n) is 3.91. The lowest BCUT2D eigenvalue weighted by Gasteiger charge is -2.17. The molecule has 2 aromatic heterocycles. The maximum absolute atomic E-state index is 12.5. The number of aromatic nitrogens is 3. The van der Waals surface area contributed by atoms with E-state index in [1.54, 1.807) is 11.3 Å². The maximum Gasteiger partial charge on any atom is 0.278 e. The average molecular weight is 277 g/mol. The fourth-order valence-electron chi connectivity index (χ4n) is 2.75. The summed E-state index contributed by atoms with van der Waals surface area (Å²) in [5.41, 5.74) is 1.31. The molecule has 2 heterocycles. The normalized spacial score (nSPS) is 18.7. The highest BCUT2D eigenvalue weighted by Crippen LogP contribution is 2.35. The molecular weight excluding hydrogens is 258 g/mol. The Morgan fingerprint density at radius 1 is 1.47 bits per heavy atom. The minimum absolute atomic E-state index is 0.0607. The van der Waals surface area contributed by atoms with E-state index in [-0.39, 0.29) is 5.56 Å². The highest BCUT2D eigenvalue weighted by Gasteiger charge is 2.23. The fraction of sp³-hybridized carbons (Fsp3) is 0.643. The average Bonchev–Trinajstić information content (AvgIpc) is 2.76. The van der Waals surface area contributed by atoms with Gasteiger partial charge in [-0.05, 0) is 37.2 Å². The van der Waals surface area contributed by atoms with E-state index in [4.69, 9.17) is 0 Å². The first-order valence-corrected chi connectivity index (χ1v) is 7.90. The van der Waals surface area contributed by atoms with E-state index in [0.717, 1.165) is 41.8 Å². The molecule has 0 aromatic carbocycles. The van der Waals surface area contributed by atoms with Gasteiger partial charge in [-0.25, -0.2) is 4.68 Å². The van der Waals surface area contributed by atoms with Crippen LogP contribution in [0.25, 0.3) is 10.2 Å². The zero-order valence-corrected chi connectivity index (χ0v) is 12.3. The van der Waals surface area contributed by atoms with Gasteiger partial charge in [-0.2, -0.15) is 0 Å². The number of aryl methyl sites for hydroxylation is 2. The molecule has 1 aliphatic rings. The number of nitrogens with zero attached hydrogens (tertiary/aromatic N) is 3. The summed E-state index contributed by atoms with van der Waals surface area (Å²) < 4.78 is 1.54. The van der Waals surface area contributed by atoms with Crippen LogP contribution in [-0.2, 0) is 19.4 Å². The molecule has 0 unspecified atom stereocenters. The zero-order valence-electron chi connectivity index (χ0n) is 11.5. The van der Waals surface area contributed by atoms with Gasteiger partial charge in [0, 0.05) is 11.4 Å². The zero-order chi connectivity index (χ0) is 13.4. The molecule has 0 amide bonds. The van der Waals surface area contributed by atoms with Crippen LogP contribution in [0.4, 0.5) is 0 Å². The van der Waals surface area contributed by atoms with E-state index in [1.165, 1.54) is 21.5 Å². The predicted octanol–water partition coefficient (Wildman–Crippen LogP) is 2.78. The smallest absolute Gasteiger partial charge is 0.267 e. The van der Waals surface area contributed by atoms with Crippen molar-refractivity contribution < 1.29 is 0 Å². The van der Waals surface area contributed by atoms with Crippen molar-refractivity contribution in [1.29, 1.82) is 0 Å². The molecular formula is C14H19N3OS. The van der Waals surface area contributed by atoms with Gasteiger partial charge in [0.15, 0.2) is 4.83 Å². The SMILES string of the molecule is CCCCn1nnc2sc3c(c2c1=O)CC[C@H](C)C3. The molecule has 0 radical (unpaired) electrons. The molecule has 3 rings (SSSR count). The first kappa shape index (κ1) is 12.8. The molecule has 2 aromatic rings. The summed E-state index contributed by atoms with van der Waals surface area (Å²) in [4.78, 5) is 14.7. The second-order valence-corrected chi connectivity index (χ2v) is 6.59. The quantitative estimate of drug-likeness (QED) is 0.866. The van der Waals surface area contributed by atoms with E-state index in [9.17, 15) is 4.79 Å². The van der Waals surface area contributed by atoms with Gasteiger partial charge in [-0.15, -0.1) is 16.4 Å². The minimum Gasteiger partial charge on any atom is -0.267 e. The molecule has 1 aliphatic carbocycles. The van der Waals surface area contributed by atoms with Crippen LogP contribution in [0.1, 0.15) is 43.6 Å². The van der Waals surface area contributed by atoms with Crippen LogP contribution in [0, 0.1) is 5.92 Å². The highest BCUT2D eigenvalue weighted by molar-refractivity contribution is 7.18. The van der Waals surface area contributed by atoms with Crippen molar-refractivity contribution in [2.75, 3.05) is 0 Å². The van der Waals surface area contributed by atoms with Crippen molar-refractivity contribution in [3.05, 3.63) is 20.8 Å². The first-order chi connectivity index (χ1) is 9.20. The predicted molar refractivity (Wildman–Crippen MR) is 77.8 cm³/mol. The first-order valence-electron chi connectivity index (χ1n) is 7.08. The van der Waals surface area contributed by atoms with Crippen LogP contribution in [0.2, 0.25) is 0 Å². The lowest BCUT2D eigenvalue weighted by atomic mass is 9.89. The molecule has 0 saturated carbocycles. The number of hydrogen-bond acceptors (Lipinski definition) is 4. The molecule has 0 N–H and O–H groups in total. The second-order valence-electron chi connectivity index (χ2n) is 5.50. The minimum atomic E-state index is 0.0607. The Balaban J connectivity index is 2.12. The summed E-state index contributed by atoms with van der Waals surface area (Å²) in [6.45, 7) is 5.07. The Morgan fingerprint density at radius 3 is 3.11 bits per heavy atom. The van der Waals surface area contributed by atoms with Gasteiger partial charge in [-0.3, -0.25) is 4.79 Å². The largest absolute Gasteiger partial charge is 0.278 e. The van der Waals surface area contributed by atoms with Crippen LogP contribution in [0.5, 0.6) is 0 Å². The highest BCUT2D eigenvalue weighted by atomic mass is 32.1. The van der Waals surface area contributed by atoms with E-state index in [1.807, 2.05) is 0 Å². The molecule has 102 valence electrons. The number of fused-ring (bicyclic) bond motifs is 3. The van der Waals surface area contributed by atoms with Gasteiger partial charge in [0.05, 0.1) is 5.39 Å². The van der Waals surface area contributed by atoms with Crippen molar-refractivity contribution in [1.82, 2.24) is 15.0 Å². The summed E-state index contributed by atoms with van der Waals surface area (Å²) in [5, 5.41) is 9.17. The Kier molecular flexibility index (Phi) is 3.39. The van der Waals surface area contributed by atoms with E-state index in [2.05, 4.69) is 24.2 Å². The molecule has 0 saturated heterocycles. The van der Waals surface area contributed by atoms with Crippen LogP contribution < -0.4 is 5.56 Å². The molecule has 0 fully saturated rings. The summed E-state index contributed by atoms with van der Waals surface area (Å²) in [5.74, 6) is 0.718. The van der Waals surface area contributed by atoms with Gasteiger partial charge < -0.3 is 0 Å². The third-order valence-corrected chi connectivity index (χ3v) is 5.05. The second kappa shape index (κ2) is 5.04. The molecule has 1 atom stereocenters. The van der Waals surface area contributed by atoms with Crippen molar-refractivity contribution in [2.45, 2.75) is 52.5 Å². The number of unbranched alkanes of at least 4 members (excludes halogenated alkanes) is 1. The van der Waals surface area contributed by atoms with Crippen LogP contribution in [-0.4, -0.2) is 15.0 Å². The molecule has 0 aliphatic heterocycles. The van der Waals surface area contributed by atoms with Crippen LogP contribution in [0.3, 0.4) is 0 Å². The van der Waals surface area contributed by atoms with Crippen molar-refractivity contribution in [2.24, 2.45) is 5.92 Å². The Hall–Kier alpha value is -1.23. The lowest BCUT2D eigenvalue weighted by molar-refractivity contribution is 0.506. The Morgan fingerprint density at radius 2 is 2.32 bits per heavy atom. The van der Waals surface area contributed by atoms with Gasteiger partial charge >= 0.3 is 0 Å². The van der Waals surface area contributed by atoms with Crippen molar-refractivity contribution in [3.8, 4) is 0 Å². The summed E-state index contributed by atoms with van der Waals surface area (Å²) in [6.07, 6.45) is 5.32. The van der Waals surface area contributed by atoms with Gasteiger partial charge in [0.1, 0.15) is 0 Å². The summed E-state index contributed by atoms with van der Waals surface area (Å²) >= 11 is 1.66. The van der Waals surface area contributed by atoms with E-state index < -0.39 is 0 Å².